The van der Waals surface area contributed by atoms with E-state index in [4.69, 9.17) is 4.74 Å². The molecule has 18 heavy (non-hydrogen) atoms. The van der Waals surface area contributed by atoms with Crippen molar-refractivity contribution < 1.29 is 9.84 Å². The second kappa shape index (κ2) is 6.38. The normalized spacial score (nSPS) is 42.2. The molecule has 5 atom stereocenters. The molecule has 0 radical (unpaired) electrons. The van der Waals surface area contributed by atoms with Crippen molar-refractivity contribution in [2.45, 2.75) is 71.0 Å². The van der Waals surface area contributed by atoms with Crippen LogP contribution >= 0.6 is 0 Å². The average Bonchev–Trinajstić information content (AvgIpc) is 2.39. The fourth-order valence-electron chi connectivity index (χ4n) is 4.12. The molecule has 2 fully saturated rings. The third-order valence-electron chi connectivity index (χ3n) is 5.45. The van der Waals surface area contributed by atoms with E-state index in [0.717, 1.165) is 18.3 Å². The molecule has 0 aromatic carbocycles. The van der Waals surface area contributed by atoms with E-state index in [1.165, 1.54) is 38.5 Å². The van der Waals surface area contributed by atoms with Crippen molar-refractivity contribution in [1.82, 2.24) is 0 Å². The summed E-state index contributed by atoms with van der Waals surface area (Å²) in [6.07, 6.45) is 8.81. The van der Waals surface area contributed by atoms with Gasteiger partial charge in [-0.05, 0) is 62.2 Å². The molecule has 0 bridgehead atoms. The zero-order valence-electron chi connectivity index (χ0n) is 12.3. The van der Waals surface area contributed by atoms with Crippen LogP contribution in [0.5, 0.6) is 0 Å². The van der Waals surface area contributed by atoms with Crippen molar-refractivity contribution in [2.24, 2.45) is 23.7 Å². The van der Waals surface area contributed by atoms with Crippen LogP contribution in [-0.4, -0.2) is 24.4 Å². The lowest BCUT2D eigenvalue weighted by atomic mass is 9.66. The fourth-order valence-corrected chi connectivity index (χ4v) is 4.12. The Hall–Kier alpha value is -0.0800. The number of aliphatic hydroxyl groups is 1. The highest BCUT2D eigenvalue weighted by atomic mass is 16.5. The SMILES string of the molecule is COC1CCCC(C2CC(C(C)C)CCC2O)C1. The van der Waals surface area contributed by atoms with Crippen LogP contribution in [-0.2, 0) is 4.74 Å². The zero-order valence-corrected chi connectivity index (χ0v) is 12.3. The van der Waals surface area contributed by atoms with Gasteiger partial charge in [0.1, 0.15) is 0 Å². The molecule has 0 heterocycles. The summed E-state index contributed by atoms with van der Waals surface area (Å²) in [6.45, 7) is 4.66. The summed E-state index contributed by atoms with van der Waals surface area (Å²) in [6, 6.07) is 0. The largest absolute Gasteiger partial charge is 0.393 e. The molecule has 2 saturated carbocycles. The summed E-state index contributed by atoms with van der Waals surface area (Å²) in [4.78, 5) is 0. The molecule has 0 amide bonds. The summed E-state index contributed by atoms with van der Waals surface area (Å²) in [7, 11) is 1.83. The van der Waals surface area contributed by atoms with Crippen LogP contribution in [0.15, 0.2) is 0 Å². The molecule has 0 aliphatic heterocycles. The number of aliphatic hydroxyl groups excluding tert-OH is 1. The van der Waals surface area contributed by atoms with E-state index in [2.05, 4.69) is 13.8 Å². The number of hydrogen-bond donors (Lipinski definition) is 1. The summed E-state index contributed by atoms with van der Waals surface area (Å²) in [5.74, 6) is 2.81. The quantitative estimate of drug-likeness (QED) is 0.833. The van der Waals surface area contributed by atoms with Crippen LogP contribution < -0.4 is 0 Å². The van der Waals surface area contributed by atoms with Crippen LogP contribution in [0.4, 0.5) is 0 Å². The third-order valence-corrected chi connectivity index (χ3v) is 5.45. The van der Waals surface area contributed by atoms with E-state index < -0.39 is 0 Å². The molecule has 0 saturated heterocycles. The van der Waals surface area contributed by atoms with Crippen LogP contribution in [0.2, 0.25) is 0 Å². The van der Waals surface area contributed by atoms with Crippen molar-refractivity contribution >= 4 is 0 Å². The maximum Gasteiger partial charge on any atom is 0.0574 e. The summed E-state index contributed by atoms with van der Waals surface area (Å²) < 4.78 is 5.54. The summed E-state index contributed by atoms with van der Waals surface area (Å²) in [5.41, 5.74) is 0. The molecule has 2 nitrogen and oxygen atoms in total. The van der Waals surface area contributed by atoms with Crippen molar-refractivity contribution in [3.8, 4) is 0 Å². The monoisotopic (exact) mass is 254 g/mol. The first-order valence-electron chi connectivity index (χ1n) is 7.82. The molecular weight excluding hydrogens is 224 g/mol. The summed E-state index contributed by atoms with van der Waals surface area (Å²) in [5, 5.41) is 10.3. The van der Waals surface area contributed by atoms with Crippen LogP contribution in [0.25, 0.3) is 0 Å². The van der Waals surface area contributed by atoms with E-state index >= 15 is 0 Å². The van der Waals surface area contributed by atoms with E-state index in [1.807, 2.05) is 7.11 Å². The first kappa shape index (κ1) is 14.3. The molecule has 1 N–H and O–H groups in total. The number of methoxy groups -OCH3 is 1. The first-order valence-corrected chi connectivity index (χ1v) is 7.82. The average molecular weight is 254 g/mol. The Labute approximate surface area is 112 Å². The fraction of sp³-hybridized carbons (Fsp3) is 1.00. The lowest BCUT2D eigenvalue weighted by molar-refractivity contribution is -0.0291. The van der Waals surface area contributed by atoms with Gasteiger partial charge < -0.3 is 9.84 Å². The predicted molar refractivity (Wildman–Crippen MR) is 74.4 cm³/mol. The van der Waals surface area contributed by atoms with Gasteiger partial charge in [-0.3, -0.25) is 0 Å². The minimum Gasteiger partial charge on any atom is -0.393 e. The molecule has 5 unspecified atom stereocenters. The van der Waals surface area contributed by atoms with Crippen LogP contribution in [0.3, 0.4) is 0 Å². The number of hydrogen-bond acceptors (Lipinski definition) is 2. The Morgan fingerprint density at radius 3 is 2.50 bits per heavy atom. The van der Waals surface area contributed by atoms with E-state index in [-0.39, 0.29) is 6.10 Å². The molecule has 0 aromatic rings. The molecule has 2 rings (SSSR count). The van der Waals surface area contributed by atoms with Gasteiger partial charge in [-0.25, -0.2) is 0 Å². The molecule has 2 aliphatic rings. The van der Waals surface area contributed by atoms with E-state index in [9.17, 15) is 5.11 Å². The maximum atomic E-state index is 10.3. The highest BCUT2D eigenvalue weighted by Crippen LogP contribution is 2.42. The Morgan fingerprint density at radius 2 is 1.83 bits per heavy atom. The Balaban J connectivity index is 1.96. The van der Waals surface area contributed by atoms with Gasteiger partial charge >= 0.3 is 0 Å². The van der Waals surface area contributed by atoms with Crippen LogP contribution in [0, 0.1) is 23.7 Å². The van der Waals surface area contributed by atoms with Crippen molar-refractivity contribution in [3.05, 3.63) is 0 Å². The Bertz CT molecular complexity index is 251. The smallest absolute Gasteiger partial charge is 0.0574 e. The highest BCUT2D eigenvalue weighted by molar-refractivity contribution is 4.88. The maximum absolute atomic E-state index is 10.3. The lowest BCUT2D eigenvalue weighted by Crippen LogP contribution is -2.38. The second-order valence-electron chi connectivity index (χ2n) is 6.83. The number of rotatable bonds is 3. The van der Waals surface area contributed by atoms with Gasteiger partial charge in [0, 0.05) is 7.11 Å². The van der Waals surface area contributed by atoms with Gasteiger partial charge in [-0.1, -0.05) is 20.3 Å². The molecule has 106 valence electrons. The topological polar surface area (TPSA) is 29.5 Å². The van der Waals surface area contributed by atoms with Gasteiger partial charge in [0.05, 0.1) is 12.2 Å². The molecule has 2 aliphatic carbocycles. The molecule has 2 heteroatoms. The van der Waals surface area contributed by atoms with Crippen molar-refractivity contribution in [1.29, 1.82) is 0 Å². The van der Waals surface area contributed by atoms with Crippen molar-refractivity contribution in [3.63, 3.8) is 0 Å². The highest BCUT2D eigenvalue weighted by Gasteiger charge is 2.37. The van der Waals surface area contributed by atoms with Gasteiger partial charge in [-0.2, -0.15) is 0 Å². The van der Waals surface area contributed by atoms with Gasteiger partial charge in [-0.15, -0.1) is 0 Å². The third kappa shape index (κ3) is 3.27. The second-order valence-corrected chi connectivity index (χ2v) is 6.83. The minimum absolute atomic E-state index is 0.0550. The summed E-state index contributed by atoms with van der Waals surface area (Å²) >= 11 is 0. The zero-order chi connectivity index (χ0) is 13.1. The van der Waals surface area contributed by atoms with Gasteiger partial charge in [0.25, 0.3) is 0 Å². The lowest BCUT2D eigenvalue weighted by Gasteiger charge is -2.42. The number of ether oxygens (including phenoxy) is 1. The minimum atomic E-state index is -0.0550. The van der Waals surface area contributed by atoms with Crippen LogP contribution in [0.1, 0.15) is 58.8 Å². The first-order chi connectivity index (χ1) is 8.61. The predicted octanol–water partition coefficient (Wildman–Crippen LogP) is 3.62. The van der Waals surface area contributed by atoms with E-state index in [1.54, 1.807) is 0 Å². The Morgan fingerprint density at radius 1 is 1.06 bits per heavy atom. The molecule has 0 spiro atoms. The molecule has 0 aromatic heterocycles. The van der Waals surface area contributed by atoms with Crippen molar-refractivity contribution in [2.75, 3.05) is 7.11 Å². The van der Waals surface area contributed by atoms with Gasteiger partial charge in [0.15, 0.2) is 0 Å². The van der Waals surface area contributed by atoms with E-state index in [0.29, 0.717) is 17.9 Å². The standard InChI is InChI=1S/C16H30O2/c1-11(2)12-7-8-16(17)15(10-12)13-5-4-6-14(9-13)18-3/h11-17H,4-10H2,1-3H3. The van der Waals surface area contributed by atoms with Gasteiger partial charge in [0.2, 0.25) is 0 Å². The Kier molecular flexibility index (Phi) is 5.08. The molecular formula is C16H30O2.